The third-order valence-corrected chi connectivity index (χ3v) is 5.09. The zero-order chi connectivity index (χ0) is 18.1. The van der Waals surface area contributed by atoms with E-state index in [1.165, 1.54) is 5.56 Å². The zero-order valence-corrected chi connectivity index (χ0v) is 15.3. The number of nitrogens with one attached hydrogen (secondary N) is 1. The minimum atomic E-state index is 0.386. The Morgan fingerprint density at radius 2 is 1.85 bits per heavy atom. The van der Waals surface area contributed by atoms with Crippen molar-refractivity contribution in [1.29, 1.82) is 0 Å². The van der Waals surface area contributed by atoms with Crippen LogP contribution >= 0.6 is 0 Å². The molecule has 3 aromatic rings. The van der Waals surface area contributed by atoms with Crippen LogP contribution in [0.3, 0.4) is 0 Å². The lowest BCUT2D eigenvalue weighted by Gasteiger charge is -2.32. The van der Waals surface area contributed by atoms with Gasteiger partial charge >= 0.3 is 0 Å². The number of rotatable bonds is 4. The van der Waals surface area contributed by atoms with Gasteiger partial charge in [0.25, 0.3) is 5.95 Å². The van der Waals surface area contributed by atoms with Gasteiger partial charge in [-0.1, -0.05) is 29.4 Å². The highest BCUT2D eigenvalue weighted by Gasteiger charge is 2.20. The molecule has 0 spiro atoms. The van der Waals surface area contributed by atoms with Crippen molar-refractivity contribution in [3.05, 3.63) is 41.2 Å². The first-order chi connectivity index (χ1) is 12.6. The molecular formula is C18H23N7O. The summed E-state index contributed by atoms with van der Waals surface area (Å²) in [5, 5.41) is 18.7. The molecule has 1 aromatic carbocycles. The number of aromatic nitrogens is 6. The Hall–Kier alpha value is -2.58. The molecule has 1 saturated heterocycles. The highest BCUT2D eigenvalue weighted by Crippen LogP contribution is 2.30. The molecule has 1 fully saturated rings. The fourth-order valence-electron chi connectivity index (χ4n) is 3.61. The molecule has 1 aliphatic rings. The molecule has 4 rings (SSSR count). The average Bonchev–Trinajstić information content (AvgIpc) is 3.30. The number of aromatic amines is 1. The van der Waals surface area contributed by atoms with E-state index >= 15 is 0 Å². The number of hydrogen-bond donors (Lipinski definition) is 1. The van der Waals surface area contributed by atoms with Gasteiger partial charge in [0.2, 0.25) is 0 Å². The van der Waals surface area contributed by atoms with E-state index in [1.54, 1.807) is 4.68 Å². The largest absolute Gasteiger partial charge is 0.379 e. The van der Waals surface area contributed by atoms with Gasteiger partial charge in [-0.15, -0.1) is 5.10 Å². The maximum Gasteiger partial charge on any atom is 0.290 e. The van der Waals surface area contributed by atoms with Crippen LogP contribution in [-0.2, 0) is 4.74 Å². The van der Waals surface area contributed by atoms with Crippen LogP contribution in [0, 0.1) is 13.8 Å². The summed E-state index contributed by atoms with van der Waals surface area (Å²) in [5.41, 5.74) is 5.52. The number of nitrogens with zero attached hydrogens (tertiary/aromatic N) is 6. The molecule has 1 atom stereocenters. The highest BCUT2D eigenvalue weighted by atomic mass is 16.5. The molecule has 26 heavy (non-hydrogen) atoms. The van der Waals surface area contributed by atoms with Crippen LogP contribution in [-0.4, -0.2) is 61.6 Å². The Kier molecular flexibility index (Phi) is 4.52. The molecule has 0 aliphatic carbocycles. The molecule has 8 heteroatoms. The summed E-state index contributed by atoms with van der Waals surface area (Å²) in [7, 11) is 0. The maximum absolute atomic E-state index is 5.45. The Morgan fingerprint density at radius 3 is 2.50 bits per heavy atom. The Morgan fingerprint density at radius 1 is 1.12 bits per heavy atom. The summed E-state index contributed by atoms with van der Waals surface area (Å²) in [6, 6.07) is 9.14. The summed E-state index contributed by atoms with van der Waals surface area (Å²) < 4.78 is 7.17. The number of H-pyrrole nitrogens is 1. The number of hydrogen-bond acceptors (Lipinski definition) is 6. The van der Waals surface area contributed by atoms with Crippen LogP contribution in [0.1, 0.15) is 29.9 Å². The van der Waals surface area contributed by atoms with Crippen molar-refractivity contribution in [2.24, 2.45) is 0 Å². The van der Waals surface area contributed by atoms with Gasteiger partial charge in [-0.3, -0.25) is 4.90 Å². The van der Waals surface area contributed by atoms with Crippen molar-refractivity contribution in [2.45, 2.75) is 26.8 Å². The fraction of sp³-hybridized carbons (Fsp3) is 0.444. The molecular weight excluding hydrogens is 330 g/mol. The Labute approximate surface area is 152 Å². The summed E-state index contributed by atoms with van der Waals surface area (Å²) in [4.78, 5) is 2.46. The molecule has 1 N–H and O–H groups in total. The second kappa shape index (κ2) is 6.97. The second-order valence-corrected chi connectivity index (χ2v) is 6.62. The van der Waals surface area contributed by atoms with E-state index in [0.717, 1.165) is 48.8 Å². The number of aryl methyl sites for hydroxylation is 1. The van der Waals surface area contributed by atoms with E-state index in [4.69, 9.17) is 4.74 Å². The first-order valence-corrected chi connectivity index (χ1v) is 8.87. The predicted octanol–water partition coefficient (Wildman–Crippen LogP) is 2.06. The maximum atomic E-state index is 5.45. The molecule has 3 heterocycles. The van der Waals surface area contributed by atoms with E-state index in [0.29, 0.717) is 12.0 Å². The van der Waals surface area contributed by atoms with E-state index in [2.05, 4.69) is 61.8 Å². The van der Waals surface area contributed by atoms with Crippen molar-refractivity contribution >= 4 is 0 Å². The van der Waals surface area contributed by atoms with Crippen LogP contribution in [0.2, 0.25) is 0 Å². The van der Waals surface area contributed by atoms with Crippen molar-refractivity contribution < 1.29 is 4.74 Å². The molecule has 1 aliphatic heterocycles. The number of morpholine rings is 1. The number of benzene rings is 1. The van der Waals surface area contributed by atoms with Crippen LogP contribution in [0.4, 0.5) is 0 Å². The Bertz CT molecular complexity index is 864. The lowest BCUT2D eigenvalue weighted by molar-refractivity contribution is 0.0198. The molecule has 0 unspecified atom stereocenters. The summed E-state index contributed by atoms with van der Waals surface area (Å²) >= 11 is 0. The third kappa shape index (κ3) is 3.02. The smallest absolute Gasteiger partial charge is 0.290 e. The third-order valence-electron chi connectivity index (χ3n) is 5.09. The van der Waals surface area contributed by atoms with Crippen molar-refractivity contribution in [1.82, 2.24) is 35.3 Å². The molecule has 0 radical (unpaired) electrons. The van der Waals surface area contributed by atoms with Gasteiger partial charge in [-0.05, 0) is 37.1 Å². The first kappa shape index (κ1) is 16.9. The van der Waals surface area contributed by atoms with E-state index < -0.39 is 0 Å². The molecule has 8 nitrogen and oxygen atoms in total. The van der Waals surface area contributed by atoms with Crippen molar-refractivity contribution in [2.75, 3.05) is 26.3 Å². The quantitative estimate of drug-likeness (QED) is 0.773. The van der Waals surface area contributed by atoms with Gasteiger partial charge in [0.1, 0.15) is 0 Å². The predicted molar refractivity (Wildman–Crippen MR) is 97.0 cm³/mol. The van der Waals surface area contributed by atoms with Crippen LogP contribution in [0.25, 0.3) is 17.1 Å². The van der Waals surface area contributed by atoms with E-state index in [1.807, 2.05) is 13.8 Å². The van der Waals surface area contributed by atoms with Gasteiger partial charge in [-0.2, -0.15) is 15.0 Å². The lowest BCUT2D eigenvalue weighted by Crippen LogP contribution is -2.37. The standard InChI is InChI=1S/C18H23N7O/c1-12-17(14(3)25(21-12)18-19-22-23-20-18)16-6-4-15(5-7-16)13(2)24-8-10-26-11-9-24/h4-7,13H,8-11H2,1-3H3,(H,19,20,22,23)/t13-/m0/s1. The molecule has 0 bridgehead atoms. The van der Waals surface area contributed by atoms with Crippen LogP contribution in [0.15, 0.2) is 24.3 Å². The summed E-state index contributed by atoms with van der Waals surface area (Å²) in [6.07, 6.45) is 0. The SMILES string of the molecule is Cc1nn(-c2nn[nH]n2)c(C)c1-c1ccc([C@H](C)N2CCOCC2)cc1. The van der Waals surface area contributed by atoms with Crippen LogP contribution < -0.4 is 0 Å². The molecule has 136 valence electrons. The minimum Gasteiger partial charge on any atom is -0.379 e. The zero-order valence-electron chi connectivity index (χ0n) is 15.3. The number of ether oxygens (including phenoxy) is 1. The topological polar surface area (TPSA) is 84.8 Å². The summed E-state index contributed by atoms with van der Waals surface area (Å²) in [5.74, 6) is 0.453. The number of tetrazole rings is 1. The monoisotopic (exact) mass is 353 g/mol. The van der Waals surface area contributed by atoms with Gasteiger partial charge in [0, 0.05) is 24.7 Å². The highest BCUT2D eigenvalue weighted by molar-refractivity contribution is 5.69. The van der Waals surface area contributed by atoms with Gasteiger partial charge in [0.15, 0.2) is 0 Å². The van der Waals surface area contributed by atoms with E-state index in [-0.39, 0.29) is 0 Å². The fourth-order valence-corrected chi connectivity index (χ4v) is 3.61. The lowest BCUT2D eigenvalue weighted by atomic mass is 9.99. The molecule has 0 saturated carbocycles. The van der Waals surface area contributed by atoms with Crippen molar-refractivity contribution in [3.63, 3.8) is 0 Å². The Balaban J connectivity index is 1.61. The summed E-state index contributed by atoms with van der Waals surface area (Å²) in [6.45, 7) is 9.88. The molecule has 0 amide bonds. The van der Waals surface area contributed by atoms with Gasteiger partial charge in [-0.25, -0.2) is 0 Å². The van der Waals surface area contributed by atoms with Crippen LogP contribution in [0.5, 0.6) is 0 Å². The normalized spacial score (nSPS) is 16.7. The van der Waals surface area contributed by atoms with Crippen molar-refractivity contribution in [3.8, 4) is 17.1 Å². The van der Waals surface area contributed by atoms with E-state index in [9.17, 15) is 0 Å². The molecule has 2 aromatic heterocycles. The minimum absolute atomic E-state index is 0.386. The van der Waals surface area contributed by atoms with Gasteiger partial charge < -0.3 is 4.74 Å². The second-order valence-electron chi connectivity index (χ2n) is 6.62. The first-order valence-electron chi connectivity index (χ1n) is 8.87. The van der Waals surface area contributed by atoms with Gasteiger partial charge in [0.05, 0.1) is 24.6 Å². The average molecular weight is 353 g/mol.